The van der Waals surface area contributed by atoms with Crippen LogP contribution < -0.4 is 5.32 Å². The Labute approximate surface area is 158 Å². The number of fused-ring (bicyclic) bond motifs is 3. The van der Waals surface area contributed by atoms with E-state index >= 15 is 0 Å². The van der Waals surface area contributed by atoms with Crippen LogP contribution in [0.5, 0.6) is 0 Å². The third-order valence-corrected chi connectivity index (χ3v) is 4.31. The van der Waals surface area contributed by atoms with Crippen molar-refractivity contribution >= 4 is 45.4 Å². The topological polar surface area (TPSA) is 149 Å². The van der Waals surface area contributed by atoms with E-state index < -0.39 is 30.3 Å². The van der Waals surface area contributed by atoms with E-state index in [0.29, 0.717) is 10.9 Å². The van der Waals surface area contributed by atoms with Crippen LogP contribution in [-0.4, -0.2) is 49.9 Å². The fraction of sp³-hybridized carbons (Fsp3) is 0.211. The van der Waals surface area contributed by atoms with Gasteiger partial charge in [0, 0.05) is 29.6 Å². The highest BCUT2D eigenvalue weighted by atomic mass is 16.4. The molecule has 3 aromatic rings. The molecule has 1 aromatic carbocycles. The molecular weight excluding hydrogens is 366 g/mol. The van der Waals surface area contributed by atoms with Crippen molar-refractivity contribution in [1.29, 1.82) is 0 Å². The summed E-state index contributed by atoms with van der Waals surface area (Å²) in [7, 11) is 0. The molecule has 0 aliphatic carbocycles. The molecule has 0 aliphatic heterocycles. The molecular formula is C19H17N3O6. The van der Waals surface area contributed by atoms with Gasteiger partial charge in [0.15, 0.2) is 5.78 Å². The van der Waals surface area contributed by atoms with Gasteiger partial charge in [0.25, 0.3) is 5.91 Å². The number of carboxylic acids is 2. The largest absolute Gasteiger partial charge is 0.481 e. The highest BCUT2D eigenvalue weighted by Crippen LogP contribution is 2.28. The van der Waals surface area contributed by atoms with Gasteiger partial charge in [-0.1, -0.05) is 18.2 Å². The first-order valence-corrected chi connectivity index (χ1v) is 8.45. The Hall–Kier alpha value is -3.75. The number of rotatable bonds is 7. The number of carboxylic acid groups (broad SMARTS) is 2. The maximum atomic E-state index is 12.6. The van der Waals surface area contributed by atoms with E-state index in [9.17, 15) is 24.3 Å². The number of aliphatic carboxylic acids is 2. The highest BCUT2D eigenvalue weighted by molar-refractivity contribution is 6.15. The van der Waals surface area contributed by atoms with Crippen LogP contribution in [0.3, 0.4) is 0 Å². The monoisotopic (exact) mass is 383 g/mol. The van der Waals surface area contributed by atoms with Gasteiger partial charge in [-0.05, 0) is 18.6 Å². The zero-order chi connectivity index (χ0) is 20.4. The van der Waals surface area contributed by atoms with Crippen LogP contribution in [0.1, 0.15) is 40.7 Å². The number of benzene rings is 1. The van der Waals surface area contributed by atoms with Crippen LogP contribution in [-0.2, 0) is 9.59 Å². The van der Waals surface area contributed by atoms with E-state index in [1.807, 2.05) is 24.3 Å². The van der Waals surface area contributed by atoms with Gasteiger partial charge in [-0.3, -0.25) is 14.4 Å². The van der Waals surface area contributed by atoms with Crippen molar-refractivity contribution in [2.75, 3.05) is 0 Å². The van der Waals surface area contributed by atoms with Crippen LogP contribution >= 0.6 is 0 Å². The molecule has 28 heavy (non-hydrogen) atoms. The lowest BCUT2D eigenvalue weighted by atomic mass is 10.1. The number of nitrogens with one attached hydrogen (secondary N) is 2. The molecule has 2 aromatic heterocycles. The second kappa shape index (κ2) is 7.47. The lowest BCUT2D eigenvalue weighted by Crippen LogP contribution is -2.41. The Bertz CT molecular complexity index is 1120. The number of pyridine rings is 1. The van der Waals surface area contributed by atoms with Crippen LogP contribution in [0.4, 0.5) is 0 Å². The number of hydrogen-bond acceptors (Lipinski definition) is 5. The minimum Gasteiger partial charge on any atom is -0.481 e. The van der Waals surface area contributed by atoms with Gasteiger partial charge >= 0.3 is 11.9 Å². The van der Waals surface area contributed by atoms with Crippen molar-refractivity contribution in [3.05, 3.63) is 41.7 Å². The smallest absolute Gasteiger partial charge is 0.326 e. The number of H-pyrrole nitrogens is 1. The van der Waals surface area contributed by atoms with E-state index in [0.717, 1.165) is 10.9 Å². The molecule has 144 valence electrons. The highest BCUT2D eigenvalue weighted by Gasteiger charge is 2.24. The number of hydrogen-bond donors (Lipinski definition) is 4. The van der Waals surface area contributed by atoms with Crippen LogP contribution in [0.25, 0.3) is 21.8 Å². The summed E-state index contributed by atoms with van der Waals surface area (Å²) in [6.45, 7) is 1.32. The van der Waals surface area contributed by atoms with Crippen molar-refractivity contribution in [2.24, 2.45) is 0 Å². The third kappa shape index (κ3) is 3.68. The van der Waals surface area contributed by atoms with Gasteiger partial charge in [-0.2, -0.15) is 0 Å². The Morgan fingerprint density at radius 2 is 1.86 bits per heavy atom. The van der Waals surface area contributed by atoms with Crippen molar-refractivity contribution in [3.8, 4) is 0 Å². The number of carbonyl (C=O) groups is 4. The summed E-state index contributed by atoms with van der Waals surface area (Å²) in [5.41, 5.74) is 1.20. The Kier molecular flexibility index (Phi) is 5.08. The molecule has 4 N–H and O–H groups in total. The number of Topliss-reactive ketones (excluding diaryl/α,β-unsaturated/α-hetero) is 1. The second-order valence-electron chi connectivity index (χ2n) is 6.30. The fourth-order valence-electron chi connectivity index (χ4n) is 2.97. The molecule has 3 rings (SSSR count). The number of carbonyl (C=O) groups excluding carboxylic acids is 2. The molecule has 2 heterocycles. The second-order valence-corrected chi connectivity index (χ2v) is 6.30. The number of aromatic amines is 1. The molecule has 1 unspecified atom stereocenters. The van der Waals surface area contributed by atoms with Gasteiger partial charge in [0.1, 0.15) is 17.4 Å². The standard InChI is InChI=1S/C19H17N3O6/c1-9(23)16-17-11(10-4-2-3-5-12(10)20-17)8-14(21-16)18(26)22-13(19(27)28)6-7-15(24)25/h2-5,8,13,20H,6-7H2,1H3,(H,22,26)(H,24,25)(H,27,28). The Morgan fingerprint density at radius 3 is 2.50 bits per heavy atom. The summed E-state index contributed by atoms with van der Waals surface area (Å²) in [6.07, 6.45) is -0.684. The lowest BCUT2D eigenvalue weighted by Gasteiger charge is -2.13. The molecule has 0 bridgehead atoms. The molecule has 1 amide bonds. The predicted molar refractivity (Wildman–Crippen MR) is 99.4 cm³/mol. The molecule has 0 spiro atoms. The summed E-state index contributed by atoms with van der Waals surface area (Å²) in [5, 5.41) is 21.6. The minimum atomic E-state index is -1.38. The maximum absolute atomic E-state index is 12.6. The number of nitrogens with zero attached hydrogens (tertiary/aromatic N) is 1. The summed E-state index contributed by atoms with van der Waals surface area (Å²) in [4.78, 5) is 53.8. The lowest BCUT2D eigenvalue weighted by molar-refractivity contribution is -0.140. The van der Waals surface area contributed by atoms with Crippen molar-refractivity contribution in [1.82, 2.24) is 15.3 Å². The molecule has 0 aliphatic rings. The summed E-state index contributed by atoms with van der Waals surface area (Å²) in [6, 6.07) is 7.39. The summed E-state index contributed by atoms with van der Waals surface area (Å²) < 4.78 is 0. The van der Waals surface area contributed by atoms with Gasteiger partial charge in [0.2, 0.25) is 0 Å². The van der Waals surface area contributed by atoms with Crippen LogP contribution in [0, 0.1) is 0 Å². The van der Waals surface area contributed by atoms with Gasteiger partial charge in [-0.25, -0.2) is 9.78 Å². The van der Waals surface area contributed by atoms with E-state index in [-0.39, 0.29) is 23.6 Å². The number of amides is 1. The van der Waals surface area contributed by atoms with Gasteiger partial charge < -0.3 is 20.5 Å². The number of aromatic nitrogens is 2. The number of ketones is 1. The first kappa shape index (κ1) is 19.0. The summed E-state index contributed by atoms with van der Waals surface area (Å²) >= 11 is 0. The number of para-hydroxylation sites is 1. The molecule has 9 nitrogen and oxygen atoms in total. The van der Waals surface area contributed by atoms with Crippen LogP contribution in [0.15, 0.2) is 30.3 Å². The molecule has 0 saturated heterocycles. The average Bonchev–Trinajstić information content (AvgIpc) is 3.02. The van der Waals surface area contributed by atoms with E-state index in [2.05, 4.69) is 15.3 Å². The van der Waals surface area contributed by atoms with E-state index in [4.69, 9.17) is 5.11 Å². The molecule has 9 heteroatoms. The van der Waals surface area contributed by atoms with Crippen molar-refractivity contribution in [3.63, 3.8) is 0 Å². The molecule has 0 radical (unpaired) electrons. The van der Waals surface area contributed by atoms with Crippen molar-refractivity contribution in [2.45, 2.75) is 25.8 Å². The molecule has 1 atom stereocenters. The predicted octanol–water partition coefficient (Wildman–Crippen LogP) is 1.97. The Morgan fingerprint density at radius 1 is 1.14 bits per heavy atom. The third-order valence-electron chi connectivity index (χ3n) is 4.31. The normalized spacial score (nSPS) is 12.0. The first-order valence-electron chi connectivity index (χ1n) is 8.45. The van der Waals surface area contributed by atoms with E-state index in [1.54, 1.807) is 0 Å². The zero-order valence-corrected chi connectivity index (χ0v) is 14.9. The molecule has 0 fully saturated rings. The van der Waals surface area contributed by atoms with Crippen LogP contribution in [0.2, 0.25) is 0 Å². The quantitative estimate of drug-likeness (QED) is 0.456. The molecule has 0 saturated carbocycles. The zero-order valence-electron chi connectivity index (χ0n) is 14.9. The van der Waals surface area contributed by atoms with E-state index in [1.165, 1.54) is 13.0 Å². The van der Waals surface area contributed by atoms with Crippen molar-refractivity contribution < 1.29 is 29.4 Å². The average molecular weight is 383 g/mol. The first-order chi connectivity index (χ1) is 13.3. The summed E-state index contributed by atoms with van der Waals surface area (Å²) in [5.74, 6) is -3.67. The minimum absolute atomic E-state index is 0.0660. The fourth-order valence-corrected chi connectivity index (χ4v) is 2.97. The maximum Gasteiger partial charge on any atom is 0.326 e. The van der Waals surface area contributed by atoms with Gasteiger partial charge in [-0.15, -0.1) is 0 Å². The van der Waals surface area contributed by atoms with Gasteiger partial charge in [0.05, 0.1) is 5.52 Å². The Balaban J connectivity index is 2.03. The SMILES string of the molecule is CC(=O)c1nc(C(=O)NC(CCC(=O)O)C(=O)O)cc2c1[nH]c1ccccc12.